The van der Waals surface area contributed by atoms with Crippen molar-refractivity contribution in [3.05, 3.63) is 29.8 Å². The van der Waals surface area contributed by atoms with Gasteiger partial charge in [0.05, 0.1) is 29.8 Å². The molecule has 0 spiro atoms. The number of nitrogens with two attached hydrogens (primary N) is 1. The van der Waals surface area contributed by atoms with E-state index in [1.807, 2.05) is 0 Å². The zero-order valence-corrected chi connectivity index (χ0v) is 16.9. The highest BCUT2D eigenvalue weighted by Crippen LogP contribution is 2.54. The van der Waals surface area contributed by atoms with Crippen molar-refractivity contribution in [2.45, 2.75) is 63.5 Å². The number of carbonyl (C=O) groups is 3. The van der Waals surface area contributed by atoms with Crippen molar-refractivity contribution < 1.29 is 24.4 Å². The Balaban J connectivity index is 1.31. The van der Waals surface area contributed by atoms with Crippen LogP contribution in [0.2, 0.25) is 0 Å². The molecule has 6 nitrogen and oxygen atoms in total. The predicted octanol–water partition coefficient (Wildman–Crippen LogP) is 2.03. The smallest absolute Gasteiger partial charge is 0.338 e. The van der Waals surface area contributed by atoms with E-state index < -0.39 is 5.97 Å². The number of hydrogen-bond acceptors (Lipinski definition) is 4. The van der Waals surface area contributed by atoms with Crippen LogP contribution in [0, 0.1) is 17.8 Å². The number of hydrogen-bond donors (Lipinski definition) is 1. The predicted molar refractivity (Wildman–Crippen MR) is 106 cm³/mol. The average Bonchev–Trinajstić information content (AvgIpc) is 2.93. The summed E-state index contributed by atoms with van der Waals surface area (Å²) in [7, 11) is 0. The van der Waals surface area contributed by atoms with Gasteiger partial charge in [-0.15, -0.1) is 0 Å². The van der Waals surface area contributed by atoms with Crippen LogP contribution in [0.4, 0.5) is 5.69 Å². The van der Waals surface area contributed by atoms with Gasteiger partial charge in [0.15, 0.2) is 6.04 Å². The molecule has 6 rings (SSSR count). The summed E-state index contributed by atoms with van der Waals surface area (Å²) in [4.78, 5) is 39.0. The van der Waals surface area contributed by atoms with Crippen molar-refractivity contribution in [3.8, 4) is 0 Å². The zero-order chi connectivity index (χ0) is 20.2. The molecule has 2 amide bonds. The molecule has 6 heteroatoms. The van der Waals surface area contributed by atoms with Crippen LogP contribution in [0.15, 0.2) is 24.3 Å². The molecule has 1 saturated heterocycles. The fourth-order valence-corrected chi connectivity index (χ4v) is 6.83. The maximum Gasteiger partial charge on any atom is 0.338 e. The molecule has 0 radical (unpaired) electrons. The number of ether oxygens (including phenoxy) is 1. The van der Waals surface area contributed by atoms with Crippen LogP contribution >= 0.6 is 0 Å². The first kappa shape index (κ1) is 18.8. The molecule has 1 aromatic carbocycles. The largest absolute Gasteiger partial charge is 0.462 e. The maximum atomic E-state index is 13.1. The lowest BCUT2D eigenvalue weighted by Gasteiger charge is -2.55. The fourth-order valence-electron chi connectivity index (χ4n) is 6.83. The molecular formula is C23H29N2O4+. The Bertz CT molecular complexity index is 812. The normalized spacial score (nSPS) is 35.4. The Morgan fingerprint density at radius 2 is 1.66 bits per heavy atom. The maximum absolute atomic E-state index is 13.1. The lowest BCUT2D eigenvalue weighted by molar-refractivity contribution is -0.755. The van der Waals surface area contributed by atoms with Crippen LogP contribution in [-0.4, -0.2) is 36.0 Å². The third kappa shape index (κ3) is 3.27. The quantitative estimate of drug-likeness (QED) is 0.609. The molecule has 1 atom stereocenters. The minimum absolute atomic E-state index is 0.116. The second kappa shape index (κ2) is 6.94. The Hall–Kier alpha value is -2.21. The van der Waals surface area contributed by atoms with Crippen molar-refractivity contribution in [2.75, 3.05) is 11.5 Å². The molecular weight excluding hydrogens is 368 g/mol. The van der Waals surface area contributed by atoms with Gasteiger partial charge in [-0.3, -0.25) is 9.59 Å². The van der Waals surface area contributed by atoms with Crippen LogP contribution < -0.4 is 10.2 Å². The van der Waals surface area contributed by atoms with E-state index in [2.05, 4.69) is 5.32 Å². The first-order valence-corrected chi connectivity index (χ1v) is 11.0. The van der Waals surface area contributed by atoms with E-state index in [0.29, 0.717) is 17.9 Å². The molecule has 29 heavy (non-hydrogen) atoms. The number of anilines is 1. The average molecular weight is 397 g/mol. The molecule has 1 aromatic rings. The molecule has 154 valence electrons. The van der Waals surface area contributed by atoms with Crippen LogP contribution in [0.5, 0.6) is 0 Å². The molecule has 4 saturated carbocycles. The number of quaternary nitrogens is 1. The Labute approximate surface area is 171 Å². The van der Waals surface area contributed by atoms with Crippen molar-refractivity contribution in [3.63, 3.8) is 0 Å². The number of amides is 2. The van der Waals surface area contributed by atoms with Gasteiger partial charge in [0, 0.05) is 19.3 Å². The van der Waals surface area contributed by atoms with E-state index in [-0.39, 0.29) is 29.8 Å². The number of carbonyl (C=O) groups excluding carboxylic acids is 3. The zero-order valence-electron chi connectivity index (χ0n) is 16.9. The highest BCUT2D eigenvalue weighted by Gasteiger charge is 2.56. The number of rotatable bonds is 5. The highest BCUT2D eigenvalue weighted by molar-refractivity contribution is 6.21. The van der Waals surface area contributed by atoms with Crippen molar-refractivity contribution in [2.24, 2.45) is 17.8 Å². The molecule has 5 aliphatic rings. The summed E-state index contributed by atoms with van der Waals surface area (Å²) < 4.78 is 5.00. The lowest BCUT2D eigenvalue weighted by atomic mass is 9.53. The van der Waals surface area contributed by atoms with Gasteiger partial charge in [-0.2, -0.15) is 0 Å². The summed E-state index contributed by atoms with van der Waals surface area (Å²) >= 11 is 0. The van der Waals surface area contributed by atoms with Gasteiger partial charge >= 0.3 is 5.97 Å². The van der Waals surface area contributed by atoms with E-state index in [1.54, 1.807) is 31.2 Å². The minimum Gasteiger partial charge on any atom is -0.462 e. The minimum atomic E-state index is -0.397. The molecule has 0 aromatic heterocycles. The van der Waals surface area contributed by atoms with Crippen LogP contribution in [-0.2, 0) is 14.3 Å². The first-order chi connectivity index (χ1) is 14.0. The van der Waals surface area contributed by atoms with Crippen LogP contribution in [0.25, 0.3) is 0 Å². The van der Waals surface area contributed by atoms with Gasteiger partial charge in [-0.1, -0.05) is 0 Å². The summed E-state index contributed by atoms with van der Waals surface area (Å²) in [5.41, 5.74) is 1.12. The number of imide groups is 1. The Morgan fingerprint density at radius 1 is 1.07 bits per heavy atom. The molecule has 5 fully saturated rings. The summed E-state index contributed by atoms with van der Waals surface area (Å²) in [6.07, 6.45) is 7.96. The van der Waals surface area contributed by atoms with Crippen LogP contribution in [0.1, 0.15) is 62.2 Å². The monoisotopic (exact) mass is 397 g/mol. The summed E-state index contributed by atoms with van der Waals surface area (Å²) in [6.45, 7) is 2.07. The molecule has 4 aliphatic carbocycles. The summed E-state index contributed by atoms with van der Waals surface area (Å²) in [5, 5.41) is 2.27. The first-order valence-electron chi connectivity index (χ1n) is 11.0. The van der Waals surface area contributed by atoms with Crippen molar-refractivity contribution in [1.82, 2.24) is 0 Å². The number of benzene rings is 1. The second-order valence-corrected chi connectivity index (χ2v) is 9.59. The van der Waals surface area contributed by atoms with Gasteiger partial charge in [0.1, 0.15) is 0 Å². The fraction of sp³-hybridized carbons (Fsp3) is 0.609. The third-order valence-corrected chi connectivity index (χ3v) is 7.46. The van der Waals surface area contributed by atoms with Crippen LogP contribution in [0.3, 0.4) is 0 Å². The number of nitrogens with zero attached hydrogens (tertiary/aromatic N) is 1. The van der Waals surface area contributed by atoms with Gasteiger partial charge in [0.25, 0.3) is 5.91 Å². The summed E-state index contributed by atoms with van der Waals surface area (Å²) in [6, 6.07) is 6.24. The van der Waals surface area contributed by atoms with E-state index in [0.717, 1.165) is 17.8 Å². The lowest BCUT2D eigenvalue weighted by Crippen LogP contribution is -3.03. The van der Waals surface area contributed by atoms with Crippen molar-refractivity contribution >= 4 is 23.5 Å². The van der Waals surface area contributed by atoms with Gasteiger partial charge in [0.2, 0.25) is 5.91 Å². The van der Waals surface area contributed by atoms with Gasteiger partial charge in [-0.05, 0) is 68.2 Å². The van der Waals surface area contributed by atoms with E-state index in [4.69, 9.17) is 4.74 Å². The van der Waals surface area contributed by atoms with Crippen molar-refractivity contribution in [1.29, 1.82) is 0 Å². The molecule has 1 heterocycles. The molecule has 1 aliphatic heterocycles. The van der Waals surface area contributed by atoms with Gasteiger partial charge in [-0.25, -0.2) is 9.69 Å². The SMILES string of the molecule is CCOC(=O)c1ccc(N2C(=O)C[C@@H]([NH2+]C34CC5CC(CC(C5)C3)C4)C2=O)cc1. The van der Waals surface area contributed by atoms with E-state index >= 15 is 0 Å². The second-order valence-electron chi connectivity index (χ2n) is 9.59. The number of esters is 1. The van der Waals surface area contributed by atoms with Gasteiger partial charge < -0.3 is 10.1 Å². The standard InChI is InChI=1S/C23H28N2O4/c1-2-29-22(28)17-3-5-18(6-4-17)25-20(26)10-19(21(25)27)24-23-11-14-7-15(12-23)9-16(8-14)13-23/h3-6,14-16,19,24H,2,7-13H2,1H3/p+1/t14?,15?,16?,19-,23?/m1/s1. The Kier molecular flexibility index (Phi) is 4.50. The Morgan fingerprint density at radius 3 is 2.21 bits per heavy atom. The summed E-state index contributed by atoms with van der Waals surface area (Å²) in [5.74, 6) is 1.79. The molecule has 2 N–H and O–H groups in total. The molecule has 0 unspecified atom stereocenters. The topological polar surface area (TPSA) is 80.3 Å². The van der Waals surface area contributed by atoms with E-state index in [9.17, 15) is 14.4 Å². The van der Waals surface area contributed by atoms with E-state index in [1.165, 1.54) is 43.4 Å². The third-order valence-electron chi connectivity index (χ3n) is 7.46. The molecule has 4 bridgehead atoms. The highest BCUT2D eigenvalue weighted by atomic mass is 16.5.